The molecule has 32 heavy (non-hydrogen) atoms. The van der Waals surface area contributed by atoms with Crippen molar-refractivity contribution < 1.29 is 27.4 Å². The smallest absolute Gasteiger partial charge is 0.420 e. The van der Waals surface area contributed by atoms with Crippen LogP contribution in [0.2, 0.25) is 0 Å². The lowest BCUT2D eigenvalue weighted by Crippen LogP contribution is -2.30. The molecule has 1 N–H and O–H groups in total. The van der Waals surface area contributed by atoms with E-state index in [1.807, 2.05) is 0 Å². The predicted molar refractivity (Wildman–Crippen MR) is 111 cm³/mol. The molecule has 0 spiro atoms. The van der Waals surface area contributed by atoms with Crippen LogP contribution < -0.4 is 14.8 Å². The summed E-state index contributed by atoms with van der Waals surface area (Å²) >= 11 is 0. The molecule has 0 bridgehead atoms. The van der Waals surface area contributed by atoms with Gasteiger partial charge in [0.1, 0.15) is 22.8 Å². The molecule has 2 aromatic rings. The molecule has 7 nitrogen and oxygen atoms in total. The highest BCUT2D eigenvalue weighted by Crippen LogP contribution is 2.31. The van der Waals surface area contributed by atoms with Crippen LogP contribution >= 0.6 is 0 Å². The molecule has 0 aliphatic carbocycles. The molecule has 168 valence electrons. The molecule has 2 heterocycles. The number of ether oxygens (including phenoxy) is 2. The molecule has 1 aromatic heterocycles. The number of halogens is 3. The Morgan fingerprint density at radius 2 is 1.94 bits per heavy atom. The van der Waals surface area contributed by atoms with Crippen LogP contribution in [0.25, 0.3) is 0 Å². The average Bonchev–Trinajstić information content (AvgIpc) is 3.24. The van der Waals surface area contributed by atoms with Gasteiger partial charge in [0, 0.05) is 37.0 Å². The summed E-state index contributed by atoms with van der Waals surface area (Å²) in [5, 5.41) is 2.98. The number of rotatable bonds is 5. The van der Waals surface area contributed by atoms with Gasteiger partial charge >= 0.3 is 6.18 Å². The third kappa shape index (κ3) is 5.49. The lowest BCUT2D eigenvalue weighted by Gasteiger charge is -2.16. The SMILES string of the molecule is C=CC(=O)N1CCC(Nc2ncc(C(F)(F)F)c(C#Cc3cc(OC)cc(OC)c3)n2)C1. The van der Waals surface area contributed by atoms with Crippen LogP contribution in [-0.4, -0.2) is 54.1 Å². The summed E-state index contributed by atoms with van der Waals surface area (Å²) in [7, 11) is 2.92. The maximum absolute atomic E-state index is 13.5. The molecule has 1 amide bonds. The quantitative estimate of drug-likeness (QED) is 0.562. The summed E-state index contributed by atoms with van der Waals surface area (Å²) < 4.78 is 50.7. The number of amides is 1. The first-order chi connectivity index (χ1) is 15.2. The number of likely N-dealkylation sites (tertiary alicyclic amines) is 1. The molecule has 10 heteroatoms. The van der Waals surface area contributed by atoms with Gasteiger partial charge in [0.25, 0.3) is 0 Å². The topological polar surface area (TPSA) is 76.6 Å². The maximum atomic E-state index is 13.5. The summed E-state index contributed by atoms with van der Waals surface area (Å²) in [6.45, 7) is 4.33. The first-order valence-electron chi connectivity index (χ1n) is 9.60. The summed E-state index contributed by atoms with van der Waals surface area (Å²) in [5.74, 6) is 5.88. The van der Waals surface area contributed by atoms with Crippen molar-refractivity contribution in [3.63, 3.8) is 0 Å². The molecule has 1 saturated heterocycles. The molecule has 1 atom stereocenters. The van der Waals surface area contributed by atoms with Crippen molar-refractivity contribution in [2.75, 3.05) is 32.6 Å². The number of benzene rings is 1. The third-order valence-corrected chi connectivity index (χ3v) is 4.78. The van der Waals surface area contributed by atoms with Crippen LogP contribution in [0, 0.1) is 11.8 Å². The Morgan fingerprint density at radius 1 is 1.25 bits per heavy atom. The van der Waals surface area contributed by atoms with Crippen molar-refractivity contribution in [2.45, 2.75) is 18.6 Å². The van der Waals surface area contributed by atoms with Crippen LogP contribution in [0.5, 0.6) is 11.5 Å². The van der Waals surface area contributed by atoms with Gasteiger partial charge in [-0.05, 0) is 30.6 Å². The third-order valence-electron chi connectivity index (χ3n) is 4.78. The number of alkyl halides is 3. The molecule has 1 aliphatic rings. The van der Waals surface area contributed by atoms with Gasteiger partial charge < -0.3 is 19.7 Å². The lowest BCUT2D eigenvalue weighted by molar-refractivity contribution is -0.138. The molecule has 0 radical (unpaired) electrons. The number of carbonyl (C=O) groups excluding carboxylic acids is 1. The maximum Gasteiger partial charge on any atom is 0.420 e. The minimum Gasteiger partial charge on any atom is -0.497 e. The molecule has 1 aliphatic heterocycles. The van der Waals surface area contributed by atoms with Crippen molar-refractivity contribution in [3.05, 3.63) is 53.9 Å². The number of aromatic nitrogens is 2. The van der Waals surface area contributed by atoms with Crippen molar-refractivity contribution >= 4 is 11.9 Å². The van der Waals surface area contributed by atoms with E-state index in [-0.39, 0.29) is 17.9 Å². The largest absolute Gasteiger partial charge is 0.497 e. The van der Waals surface area contributed by atoms with E-state index < -0.39 is 17.4 Å². The number of methoxy groups -OCH3 is 2. The van der Waals surface area contributed by atoms with E-state index >= 15 is 0 Å². The number of nitrogens with one attached hydrogen (secondary N) is 1. The van der Waals surface area contributed by atoms with Crippen molar-refractivity contribution in [3.8, 4) is 23.3 Å². The minimum atomic E-state index is -4.67. The van der Waals surface area contributed by atoms with Gasteiger partial charge in [-0.15, -0.1) is 0 Å². The van der Waals surface area contributed by atoms with Gasteiger partial charge in [0.15, 0.2) is 0 Å². The Morgan fingerprint density at radius 3 is 2.53 bits per heavy atom. The Labute approximate surface area is 183 Å². The van der Waals surface area contributed by atoms with E-state index in [9.17, 15) is 18.0 Å². The van der Waals surface area contributed by atoms with Gasteiger partial charge in [-0.1, -0.05) is 12.5 Å². The number of anilines is 1. The Balaban J connectivity index is 1.89. The summed E-state index contributed by atoms with van der Waals surface area (Å²) in [5.41, 5.74) is -1.11. The van der Waals surface area contributed by atoms with Gasteiger partial charge in [0.2, 0.25) is 11.9 Å². The number of hydrogen-bond acceptors (Lipinski definition) is 6. The fourth-order valence-electron chi connectivity index (χ4n) is 3.16. The molecule has 1 unspecified atom stereocenters. The first kappa shape index (κ1) is 22.9. The fraction of sp³-hybridized carbons (Fsp3) is 0.318. The van der Waals surface area contributed by atoms with E-state index in [0.717, 1.165) is 0 Å². The highest BCUT2D eigenvalue weighted by molar-refractivity contribution is 5.87. The number of carbonyl (C=O) groups is 1. The van der Waals surface area contributed by atoms with Gasteiger partial charge in [-0.2, -0.15) is 13.2 Å². The van der Waals surface area contributed by atoms with Crippen molar-refractivity contribution in [2.24, 2.45) is 0 Å². The molecule has 1 aromatic carbocycles. The normalized spacial score (nSPS) is 15.5. The second-order valence-electron chi connectivity index (χ2n) is 6.92. The minimum absolute atomic E-state index is 0.00317. The Kier molecular flexibility index (Phi) is 6.88. The van der Waals surface area contributed by atoms with E-state index in [4.69, 9.17) is 9.47 Å². The second-order valence-corrected chi connectivity index (χ2v) is 6.92. The van der Waals surface area contributed by atoms with Crippen molar-refractivity contribution in [1.82, 2.24) is 14.9 Å². The Hall–Kier alpha value is -3.74. The van der Waals surface area contributed by atoms with E-state index in [1.54, 1.807) is 23.1 Å². The highest BCUT2D eigenvalue weighted by Gasteiger charge is 2.35. The van der Waals surface area contributed by atoms with Crippen LogP contribution in [0.15, 0.2) is 37.1 Å². The van der Waals surface area contributed by atoms with Gasteiger partial charge in [0.05, 0.1) is 14.2 Å². The molecular weight excluding hydrogens is 425 g/mol. The fourth-order valence-corrected chi connectivity index (χ4v) is 3.16. The molecular formula is C22H21F3N4O3. The number of hydrogen-bond donors (Lipinski definition) is 1. The zero-order chi connectivity index (χ0) is 23.3. The molecule has 1 fully saturated rings. The Bertz CT molecular complexity index is 1050. The van der Waals surface area contributed by atoms with E-state index in [1.165, 1.54) is 20.3 Å². The predicted octanol–water partition coefficient (Wildman–Crippen LogP) is 3.11. The van der Waals surface area contributed by atoms with Gasteiger partial charge in [-0.3, -0.25) is 4.79 Å². The van der Waals surface area contributed by atoms with E-state index in [0.29, 0.717) is 42.8 Å². The lowest BCUT2D eigenvalue weighted by atomic mass is 10.1. The van der Waals surface area contributed by atoms with Crippen LogP contribution in [-0.2, 0) is 11.0 Å². The first-order valence-corrected chi connectivity index (χ1v) is 9.60. The van der Waals surface area contributed by atoms with Crippen LogP contribution in [0.1, 0.15) is 23.2 Å². The second kappa shape index (κ2) is 9.60. The zero-order valence-electron chi connectivity index (χ0n) is 17.5. The highest BCUT2D eigenvalue weighted by atomic mass is 19.4. The van der Waals surface area contributed by atoms with Gasteiger partial charge in [-0.25, -0.2) is 9.97 Å². The zero-order valence-corrected chi connectivity index (χ0v) is 17.5. The average molecular weight is 446 g/mol. The van der Waals surface area contributed by atoms with Crippen LogP contribution in [0.4, 0.5) is 19.1 Å². The summed E-state index contributed by atoms with van der Waals surface area (Å²) in [6.07, 6.45) is -2.14. The molecule has 0 saturated carbocycles. The number of nitrogens with zero attached hydrogens (tertiary/aromatic N) is 3. The van der Waals surface area contributed by atoms with Crippen LogP contribution in [0.3, 0.4) is 0 Å². The summed E-state index contributed by atoms with van der Waals surface area (Å²) in [6, 6.07) is 4.58. The van der Waals surface area contributed by atoms with Crippen molar-refractivity contribution in [1.29, 1.82) is 0 Å². The summed E-state index contributed by atoms with van der Waals surface area (Å²) in [4.78, 5) is 21.1. The van der Waals surface area contributed by atoms with E-state index in [2.05, 4.69) is 33.7 Å². The standard InChI is InChI=1S/C22H21F3N4O3/c1-4-20(30)29-8-7-15(13-29)27-21-26-12-18(22(23,24)25)19(28-21)6-5-14-9-16(31-2)11-17(10-14)32-3/h4,9-12,15H,1,7-8,13H2,2-3H3,(H,26,27,28). The monoisotopic (exact) mass is 446 g/mol. The molecule has 3 rings (SSSR count).